The smallest absolute Gasteiger partial charge is 0.0299 e. The fourth-order valence-corrected chi connectivity index (χ4v) is 1.67. The molecule has 0 aromatic carbocycles. The van der Waals surface area contributed by atoms with E-state index in [1.165, 1.54) is 11.3 Å². The first-order chi connectivity index (χ1) is 5.83. The normalized spacial score (nSPS) is 13.2. The molecule has 0 bridgehead atoms. The molecule has 0 amide bonds. The summed E-state index contributed by atoms with van der Waals surface area (Å²) in [5, 5.41) is 5.57. The van der Waals surface area contributed by atoms with Gasteiger partial charge in [-0.05, 0) is 23.9 Å². The lowest BCUT2D eigenvalue weighted by molar-refractivity contribution is 0.501. The first kappa shape index (κ1) is 9.75. The Hall–Kier alpha value is -0.340. The summed E-state index contributed by atoms with van der Waals surface area (Å²) < 4.78 is 0. The second-order valence-electron chi connectivity index (χ2n) is 3.22. The van der Waals surface area contributed by atoms with Gasteiger partial charge in [0.05, 0.1) is 0 Å². The van der Waals surface area contributed by atoms with Crippen molar-refractivity contribution in [1.29, 1.82) is 0 Å². The van der Waals surface area contributed by atoms with Gasteiger partial charge < -0.3 is 5.32 Å². The molecule has 2 heteroatoms. The first-order valence-corrected chi connectivity index (χ1v) is 5.44. The van der Waals surface area contributed by atoms with Gasteiger partial charge in [0.15, 0.2) is 0 Å². The number of thiophene rings is 1. The zero-order valence-corrected chi connectivity index (χ0v) is 8.66. The summed E-state index contributed by atoms with van der Waals surface area (Å²) >= 11 is 1.82. The van der Waals surface area contributed by atoms with Gasteiger partial charge in [-0.3, -0.25) is 0 Å². The minimum atomic E-state index is 0.796. The quantitative estimate of drug-likeness (QED) is 0.740. The average molecular weight is 183 g/mol. The van der Waals surface area contributed by atoms with Crippen LogP contribution in [0, 0.1) is 5.92 Å². The van der Waals surface area contributed by atoms with E-state index in [9.17, 15) is 0 Å². The summed E-state index contributed by atoms with van der Waals surface area (Å²) in [5.41, 5.74) is 0. The molecule has 1 heterocycles. The third-order valence-corrected chi connectivity index (χ3v) is 2.95. The molecular weight excluding hydrogens is 166 g/mol. The van der Waals surface area contributed by atoms with E-state index < -0.39 is 0 Å². The van der Waals surface area contributed by atoms with Crippen LogP contribution in [0.5, 0.6) is 0 Å². The fraction of sp³-hybridized carbons (Fsp3) is 0.600. The lowest BCUT2D eigenvalue weighted by atomic mass is 10.1. The predicted molar refractivity (Wildman–Crippen MR) is 55.5 cm³/mol. The average Bonchev–Trinajstić information content (AvgIpc) is 2.57. The Morgan fingerprint density at radius 3 is 3.00 bits per heavy atom. The highest BCUT2D eigenvalue weighted by molar-refractivity contribution is 7.09. The molecule has 1 nitrogen and oxygen atoms in total. The highest BCUT2D eigenvalue weighted by Crippen LogP contribution is 2.07. The van der Waals surface area contributed by atoms with Crippen molar-refractivity contribution in [1.82, 2.24) is 5.32 Å². The molecule has 1 atom stereocenters. The van der Waals surface area contributed by atoms with Gasteiger partial charge in [-0.25, -0.2) is 0 Å². The van der Waals surface area contributed by atoms with Crippen molar-refractivity contribution < 1.29 is 0 Å². The Morgan fingerprint density at radius 1 is 1.58 bits per heavy atom. The molecule has 0 aliphatic carbocycles. The summed E-state index contributed by atoms with van der Waals surface area (Å²) in [5.74, 6) is 0.796. The van der Waals surface area contributed by atoms with Gasteiger partial charge in [0, 0.05) is 11.4 Å². The van der Waals surface area contributed by atoms with Crippen LogP contribution >= 0.6 is 11.3 Å². The molecule has 0 fully saturated rings. The second-order valence-corrected chi connectivity index (χ2v) is 4.26. The predicted octanol–water partition coefficient (Wildman–Crippen LogP) is 2.88. The Balaban J connectivity index is 2.11. The third-order valence-electron chi connectivity index (χ3n) is 2.07. The van der Waals surface area contributed by atoms with Gasteiger partial charge in [0.1, 0.15) is 0 Å². The van der Waals surface area contributed by atoms with Crippen LogP contribution in [0.15, 0.2) is 17.5 Å². The Labute approximate surface area is 78.8 Å². The van der Waals surface area contributed by atoms with E-state index in [0.29, 0.717) is 0 Å². The molecule has 1 aromatic heterocycles. The van der Waals surface area contributed by atoms with Gasteiger partial charge in [-0.2, -0.15) is 0 Å². The van der Waals surface area contributed by atoms with Gasteiger partial charge in [0.25, 0.3) is 0 Å². The monoisotopic (exact) mass is 183 g/mol. The van der Waals surface area contributed by atoms with Crippen LogP contribution < -0.4 is 5.32 Å². The number of rotatable bonds is 5. The molecule has 0 saturated heterocycles. The highest BCUT2D eigenvalue weighted by Gasteiger charge is 1.97. The molecule has 12 heavy (non-hydrogen) atoms. The maximum atomic E-state index is 3.45. The minimum Gasteiger partial charge on any atom is -0.312 e. The van der Waals surface area contributed by atoms with E-state index in [0.717, 1.165) is 19.0 Å². The maximum Gasteiger partial charge on any atom is 0.0299 e. The largest absolute Gasteiger partial charge is 0.312 e. The number of hydrogen-bond donors (Lipinski definition) is 1. The summed E-state index contributed by atoms with van der Waals surface area (Å²) in [7, 11) is 0. The molecule has 0 aliphatic heterocycles. The lowest BCUT2D eigenvalue weighted by Gasteiger charge is -2.08. The molecule has 1 N–H and O–H groups in total. The van der Waals surface area contributed by atoms with Gasteiger partial charge in [-0.15, -0.1) is 11.3 Å². The van der Waals surface area contributed by atoms with Crippen molar-refractivity contribution in [2.45, 2.75) is 26.8 Å². The minimum absolute atomic E-state index is 0.796. The Bertz CT molecular complexity index is 194. The SMILES string of the molecule is CC[C@@H](C)CNCc1cccs1. The van der Waals surface area contributed by atoms with E-state index in [-0.39, 0.29) is 0 Å². The van der Waals surface area contributed by atoms with Crippen LogP contribution in [0.3, 0.4) is 0 Å². The molecular formula is C10H17NS. The van der Waals surface area contributed by atoms with E-state index in [2.05, 4.69) is 36.7 Å². The van der Waals surface area contributed by atoms with Crippen LogP contribution in [-0.4, -0.2) is 6.54 Å². The zero-order valence-electron chi connectivity index (χ0n) is 7.84. The van der Waals surface area contributed by atoms with Crippen molar-refractivity contribution >= 4 is 11.3 Å². The molecule has 0 unspecified atom stereocenters. The van der Waals surface area contributed by atoms with Crippen molar-refractivity contribution in [2.24, 2.45) is 5.92 Å². The van der Waals surface area contributed by atoms with Gasteiger partial charge in [-0.1, -0.05) is 26.3 Å². The summed E-state index contributed by atoms with van der Waals surface area (Å²) in [4.78, 5) is 1.43. The third kappa shape index (κ3) is 3.37. The fourth-order valence-electron chi connectivity index (χ4n) is 0.999. The van der Waals surface area contributed by atoms with Crippen LogP contribution in [-0.2, 0) is 6.54 Å². The molecule has 1 rings (SSSR count). The summed E-state index contributed by atoms with van der Waals surface area (Å²) in [6, 6.07) is 4.28. The van der Waals surface area contributed by atoms with Crippen LogP contribution in [0.25, 0.3) is 0 Å². The van der Waals surface area contributed by atoms with E-state index in [4.69, 9.17) is 0 Å². The van der Waals surface area contributed by atoms with Crippen molar-refractivity contribution in [3.8, 4) is 0 Å². The Morgan fingerprint density at radius 2 is 2.42 bits per heavy atom. The highest BCUT2D eigenvalue weighted by atomic mass is 32.1. The van der Waals surface area contributed by atoms with Gasteiger partial charge in [0.2, 0.25) is 0 Å². The molecule has 68 valence electrons. The molecule has 0 spiro atoms. The molecule has 0 aliphatic rings. The molecule has 1 aromatic rings. The van der Waals surface area contributed by atoms with Crippen molar-refractivity contribution in [2.75, 3.05) is 6.54 Å². The van der Waals surface area contributed by atoms with E-state index >= 15 is 0 Å². The first-order valence-electron chi connectivity index (χ1n) is 4.56. The van der Waals surface area contributed by atoms with Crippen LogP contribution in [0.4, 0.5) is 0 Å². The zero-order chi connectivity index (χ0) is 8.81. The van der Waals surface area contributed by atoms with E-state index in [1.54, 1.807) is 0 Å². The van der Waals surface area contributed by atoms with E-state index in [1.807, 2.05) is 11.3 Å². The Kier molecular flexibility index (Phi) is 4.33. The summed E-state index contributed by atoms with van der Waals surface area (Å²) in [6.07, 6.45) is 1.26. The number of nitrogens with one attached hydrogen (secondary N) is 1. The van der Waals surface area contributed by atoms with Crippen molar-refractivity contribution in [3.63, 3.8) is 0 Å². The van der Waals surface area contributed by atoms with Gasteiger partial charge >= 0.3 is 0 Å². The number of hydrogen-bond acceptors (Lipinski definition) is 2. The standard InChI is InChI=1S/C10H17NS/c1-3-9(2)7-11-8-10-5-4-6-12-10/h4-6,9,11H,3,7-8H2,1-2H3/t9-/m1/s1. The maximum absolute atomic E-state index is 3.45. The summed E-state index contributed by atoms with van der Waals surface area (Å²) in [6.45, 7) is 6.68. The molecule has 0 saturated carbocycles. The lowest BCUT2D eigenvalue weighted by Crippen LogP contribution is -2.19. The second kappa shape index (κ2) is 5.33. The topological polar surface area (TPSA) is 12.0 Å². The van der Waals surface area contributed by atoms with Crippen LogP contribution in [0.2, 0.25) is 0 Å². The van der Waals surface area contributed by atoms with Crippen LogP contribution in [0.1, 0.15) is 25.1 Å². The molecule has 0 radical (unpaired) electrons. The van der Waals surface area contributed by atoms with Crippen molar-refractivity contribution in [3.05, 3.63) is 22.4 Å².